The number of rotatable bonds is 8. The maximum absolute atomic E-state index is 10.4. The van der Waals surface area contributed by atoms with Crippen LogP contribution in [-0.4, -0.2) is 26.6 Å². The highest BCUT2D eigenvalue weighted by atomic mass is 16.3. The lowest BCUT2D eigenvalue weighted by Crippen LogP contribution is -2.21. The number of hydrogen-bond acceptors (Lipinski definition) is 4. The van der Waals surface area contributed by atoms with Crippen LogP contribution in [-0.2, 0) is 13.1 Å². The van der Waals surface area contributed by atoms with E-state index in [0.717, 1.165) is 22.5 Å². The van der Waals surface area contributed by atoms with Crippen molar-refractivity contribution in [2.45, 2.75) is 26.1 Å². The van der Waals surface area contributed by atoms with E-state index < -0.39 is 6.10 Å². The molecule has 0 saturated carbocycles. The average molecular weight is 399 g/mol. The number of aryl methyl sites for hydroxylation is 1. The number of hydrogen-bond donors (Lipinski definition) is 2. The Morgan fingerprint density at radius 1 is 0.900 bits per heavy atom. The Morgan fingerprint density at radius 2 is 1.63 bits per heavy atom. The molecule has 1 atom stereocenters. The van der Waals surface area contributed by atoms with Gasteiger partial charge in [-0.3, -0.25) is 0 Å². The molecular formula is C25H26N4O. The normalized spacial score (nSPS) is 12.1. The molecule has 0 fully saturated rings. The fraction of sp³-hybridized carbons (Fsp3) is 0.200. The van der Waals surface area contributed by atoms with Crippen molar-refractivity contribution in [3.8, 4) is 11.3 Å². The van der Waals surface area contributed by atoms with Gasteiger partial charge in [-0.15, -0.1) is 0 Å². The number of nitrogens with one attached hydrogen (secondary N) is 1. The number of aliphatic hydroxyl groups excluding tert-OH is 1. The second-order valence-corrected chi connectivity index (χ2v) is 7.44. The zero-order chi connectivity index (χ0) is 20.8. The van der Waals surface area contributed by atoms with E-state index in [1.165, 1.54) is 11.1 Å². The first-order valence-corrected chi connectivity index (χ1v) is 10.2. The number of nitrogens with zero attached hydrogens (tertiary/aromatic N) is 3. The topological polar surface area (TPSA) is 63.0 Å². The summed E-state index contributed by atoms with van der Waals surface area (Å²) in [7, 11) is 0. The van der Waals surface area contributed by atoms with Crippen LogP contribution in [0.25, 0.3) is 11.3 Å². The Hall–Kier alpha value is -3.28. The van der Waals surface area contributed by atoms with Crippen molar-refractivity contribution >= 4 is 0 Å². The van der Waals surface area contributed by atoms with E-state index >= 15 is 0 Å². The maximum Gasteiger partial charge on any atom is 0.117 e. The Morgan fingerprint density at radius 3 is 2.37 bits per heavy atom. The summed E-state index contributed by atoms with van der Waals surface area (Å²) in [6.07, 6.45) is -0.561. The van der Waals surface area contributed by atoms with Crippen LogP contribution in [0, 0.1) is 6.92 Å². The predicted octanol–water partition coefficient (Wildman–Crippen LogP) is 4.13. The minimum Gasteiger partial charge on any atom is -0.387 e. The third-order valence-corrected chi connectivity index (χ3v) is 4.99. The fourth-order valence-electron chi connectivity index (χ4n) is 3.49. The van der Waals surface area contributed by atoms with E-state index in [4.69, 9.17) is 10.2 Å². The first kappa shape index (κ1) is 20.0. The predicted molar refractivity (Wildman–Crippen MR) is 119 cm³/mol. The van der Waals surface area contributed by atoms with Crippen LogP contribution in [0.4, 0.5) is 0 Å². The lowest BCUT2D eigenvalue weighted by Gasteiger charge is -2.11. The van der Waals surface area contributed by atoms with Crippen LogP contribution in [0.5, 0.6) is 0 Å². The summed E-state index contributed by atoms with van der Waals surface area (Å²) in [6, 6.07) is 28.2. The van der Waals surface area contributed by atoms with Gasteiger partial charge in [0.15, 0.2) is 0 Å². The molecule has 5 nitrogen and oxygen atoms in total. The molecule has 0 unspecified atom stereocenters. The molecule has 0 aliphatic carbocycles. The third kappa shape index (κ3) is 5.00. The molecule has 152 valence electrons. The summed E-state index contributed by atoms with van der Waals surface area (Å²) < 4.78 is 0. The van der Waals surface area contributed by atoms with Gasteiger partial charge in [0.1, 0.15) is 11.4 Å². The largest absolute Gasteiger partial charge is 0.387 e. The van der Waals surface area contributed by atoms with Gasteiger partial charge < -0.3 is 10.4 Å². The van der Waals surface area contributed by atoms with Crippen LogP contribution >= 0.6 is 0 Å². The number of benzene rings is 3. The molecule has 4 rings (SSSR count). The molecule has 0 aliphatic rings. The van der Waals surface area contributed by atoms with Crippen molar-refractivity contribution in [3.05, 3.63) is 107 Å². The molecule has 4 aromatic rings. The molecule has 2 N–H and O–H groups in total. The molecule has 30 heavy (non-hydrogen) atoms. The van der Waals surface area contributed by atoms with Crippen molar-refractivity contribution in [2.24, 2.45) is 0 Å². The van der Waals surface area contributed by atoms with Gasteiger partial charge in [-0.1, -0.05) is 90.5 Å². The van der Waals surface area contributed by atoms with Crippen LogP contribution in [0.1, 0.15) is 28.5 Å². The highest BCUT2D eigenvalue weighted by Gasteiger charge is 2.14. The lowest BCUT2D eigenvalue weighted by atomic mass is 10.1. The average Bonchev–Trinajstić information content (AvgIpc) is 3.17. The molecule has 0 amide bonds. The molecule has 0 bridgehead atoms. The zero-order valence-electron chi connectivity index (χ0n) is 17.1. The zero-order valence-corrected chi connectivity index (χ0v) is 17.1. The first-order chi connectivity index (χ1) is 14.7. The highest BCUT2D eigenvalue weighted by molar-refractivity contribution is 5.60. The second kappa shape index (κ2) is 9.48. The minimum absolute atomic E-state index is 0.447. The van der Waals surface area contributed by atoms with Gasteiger partial charge in [-0.05, 0) is 18.1 Å². The Balaban J connectivity index is 1.51. The molecule has 1 aromatic heterocycles. The maximum atomic E-state index is 10.4. The van der Waals surface area contributed by atoms with Crippen molar-refractivity contribution in [1.82, 2.24) is 20.3 Å². The minimum atomic E-state index is -0.561. The van der Waals surface area contributed by atoms with Gasteiger partial charge in [0.25, 0.3) is 0 Å². The summed E-state index contributed by atoms with van der Waals surface area (Å²) in [5, 5.41) is 23.2. The monoisotopic (exact) mass is 398 g/mol. The standard InChI is InChI=1S/C25H26N4O/c1-19-9-8-10-20(15-19)18-29-27-23(25(28-29)22-13-6-3-7-14-22)16-26-17-24(30)21-11-4-2-5-12-21/h2-15,24,26,30H,16-18H2,1H3/t24-/m0/s1. The van der Waals surface area contributed by atoms with E-state index in [1.54, 1.807) is 4.80 Å². The van der Waals surface area contributed by atoms with Gasteiger partial charge in [-0.2, -0.15) is 15.0 Å². The van der Waals surface area contributed by atoms with E-state index in [9.17, 15) is 5.11 Å². The summed E-state index contributed by atoms with van der Waals surface area (Å²) in [4.78, 5) is 1.75. The Labute approximate surface area is 177 Å². The molecule has 0 saturated heterocycles. The van der Waals surface area contributed by atoms with Gasteiger partial charge in [0, 0.05) is 18.7 Å². The van der Waals surface area contributed by atoms with E-state index in [2.05, 4.69) is 36.5 Å². The van der Waals surface area contributed by atoms with Crippen molar-refractivity contribution in [1.29, 1.82) is 0 Å². The van der Waals surface area contributed by atoms with Crippen LogP contribution in [0.15, 0.2) is 84.9 Å². The summed E-state index contributed by atoms with van der Waals surface area (Å²) in [5.74, 6) is 0. The third-order valence-electron chi connectivity index (χ3n) is 4.99. The SMILES string of the molecule is Cc1cccc(Cn2nc(CNC[C@H](O)c3ccccc3)c(-c3ccccc3)n2)c1. The van der Waals surface area contributed by atoms with Crippen molar-refractivity contribution < 1.29 is 5.11 Å². The molecule has 1 heterocycles. The number of aliphatic hydroxyl groups is 1. The van der Waals surface area contributed by atoms with Gasteiger partial charge in [0.2, 0.25) is 0 Å². The van der Waals surface area contributed by atoms with Gasteiger partial charge in [0.05, 0.1) is 12.6 Å². The van der Waals surface area contributed by atoms with E-state index in [1.807, 2.05) is 60.7 Å². The first-order valence-electron chi connectivity index (χ1n) is 10.2. The fourth-order valence-corrected chi connectivity index (χ4v) is 3.49. The molecule has 5 heteroatoms. The quantitative estimate of drug-likeness (QED) is 0.469. The van der Waals surface area contributed by atoms with Crippen LogP contribution in [0.2, 0.25) is 0 Å². The summed E-state index contributed by atoms with van der Waals surface area (Å²) in [5.41, 5.74) is 6.06. The number of aromatic nitrogens is 3. The Bertz CT molecular complexity index is 1080. The van der Waals surface area contributed by atoms with Crippen molar-refractivity contribution in [2.75, 3.05) is 6.54 Å². The van der Waals surface area contributed by atoms with E-state index in [0.29, 0.717) is 19.6 Å². The van der Waals surface area contributed by atoms with E-state index in [-0.39, 0.29) is 0 Å². The van der Waals surface area contributed by atoms with Gasteiger partial charge >= 0.3 is 0 Å². The lowest BCUT2D eigenvalue weighted by molar-refractivity contribution is 0.174. The molecular weight excluding hydrogens is 372 g/mol. The molecule has 0 aliphatic heterocycles. The smallest absolute Gasteiger partial charge is 0.117 e. The van der Waals surface area contributed by atoms with Crippen molar-refractivity contribution in [3.63, 3.8) is 0 Å². The van der Waals surface area contributed by atoms with Gasteiger partial charge in [-0.25, -0.2) is 0 Å². The molecule has 0 spiro atoms. The summed E-state index contributed by atoms with van der Waals surface area (Å²) >= 11 is 0. The molecule has 0 radical (unpaired) electrons. The molecule has 3 aromatic carbocycles. The highest BCUT2D eigenvalue weighted by Crippen LogP contribution is 2.21. The summed E-state index contributed by atoms with van der Waals surface area (Å²) in [6.45, 7) is 3.68. The Kier molecular flexibility index (Phi) is 6.32. The second-order valence-electron chi connectivity index (χ2n) is 7.44. The van der Waals surface area contributed by atoms with Crippen LogP contribution < -0.4 is 5.32 Å². The van der Waals surface area contributed by atoms with Crippen LogP contribution in [0.3, 0.4) is 0 Å².